The highest BCUT2D eigenvalue weighted by Crippen LogP contribution is 2.35. The van der Waals surface area contributed by atoms with Crippen molar-refractivity contribution in [1.29, 1.82) is 0 Å². The molecule has 148 valence electrons. The van der Waals surface area contributed by atoms with Crippen LogP contribution in [0.5, 0.6) is 0 Å². The van der Waals surface area contributed by atoms with Crippen molar-refractivity contribution < 1.29 is 4.52 Å². The molecule has 0 bridgehead atoms. The zero-order valence-electron chi connectivity index (χ0n) is 16.1. The molecule has 0 amide bonds. The van der Waals surface area contributed by atoms with Gasteiger partial charge in [0.2, 0.25) is 5.89 Å². The summed E-state index contributed by atoms with van der Waals surface area (Å²) in [5.41, 5.74) is 7.54. The second-order valence-electron chi connectivity index (χ2n) is 8.16. The van der Waals surface area contributed by atoms with Crippen LogP contribution in [0.2, 0.25) is 0 Å². The Labute approximate surface area is 168 Å². The van der Waals surface area contributed by atoms with Crippen LogP contribution in [-0.4, -0.2) is 28.1 Å². The minimum absolute atomic E-state index is 0. The number of nitrogens with zero attached hydrogens (tertiary/aromatic N) is 3. The fourth-order valence-corrected chi connectivity index (χ4v) is 4.48. The fraction of sp³-hybridized carbons (Fsp3) is 0.619. The molecule has 2 fully saturated rings. The Balaban J connectivity index is 0.00000210. The van der Waals surface area contributed by atoms with Crippen LogP contribution in [0.4, 0.5) is 0 Å². The molecule has 4 rings (SSSR count). The van der Waals surface area contributed by atoms with E-state index in [2.05, 4.69) is 52.3 Å². The molecule has 2 heterocycles. The van der Waals surface area contributed by atoms with Gasteiger partial charge in [0.25, 0.3) is 0 Å². The van der Waals surface area contributed by atoms with Crippen LogP contribution < -0.4 is 5.73 Å². The third-order valence-corrected chi connectivity index (χ3v) is 6.30. The molecule has 1 unspecified atom stereocenters. The van der Waals surface area contributed by atoms with Gasteiger partial charge < -0.3 is 10.3 Å². The highest BCUT2D eigenvalue weighted by molar-refractivity contribution is 5.85. The van der Waals surface area contributed by atoms with Crippen LogP contribution in [0.15, 0.2) is 34.9 Å². The SMILES string of the molecule is CC(c1nc(C2(N)CCCC2)no1)N1CCC(Cc2ccccc2)CC1.Cl. The molecule has 1 aromatic heterocycles. The van der Waals surface area contributed by atoms with E-state index in [1.807, 2.05) is 0 Å². The van der Waals surface area contributed by atoms with Gasteiger partial charge in [0.05, 0.1) is 11.6 Å². The van der Waals surface area contributed by atoms with E-state index in [9.17, 15) is 0 Å². The Morgan fingerprint density at radius 1 is 1.19 bits per heavy atom. The third-order valence-electron chi connectivity index (χ3n) is 6.30. The Morgan fingerprint density at radius 2 is 1.85 bits per heavy atom. The number of benzene rings is 1. The van der Waals surface area contributed by atoms with Gasteiger partial charge in [0, 0.05) is 0 Å². The predicted molar refractivity (Wildman–Crippen MR) is 109 cm³/mol. The highest BCUT2D eigenvalue weighted by atomic mass is 35.5. The topological polar surface area (TPSA) is 68.2 Å². The van der Waals surface area contributed by atoms with E-state index in [1.54, 1.807) is 0 Å². The first-order chi connectivity index (χ1) is 12.6. The zero-order chi connectivity index (χ0) is 18.0. The van der Waals surface area contributed by atoms with Crippen LogP contribution >= 0.6 is 12.4 Å². The number of rotatable bonds is 5. The summed E-state index contributed by atoms with van der Waals surface area (Å²) in [6.07, 6.45) is 7.87. The summed E-state index contributed by atoms with van der Waals surface area (Å²) < 4.78 is 5.60. The average molecular weight is 391 g/mol. The van der Waals surface area contributed by atoms with E-state index < -0.39 is 0 Å². The quantitative estimate of drug-likeness (QED) is 0.827. The van der Waals surface area contributed by atoms with Crippen LogP contribution in [-0.2, 0) is 12.0 Å². The molecular formula is C21H31ClN4O. The molecule has 1 atom stereocenters. The summed E-state index contributed by atoms with van der Waals surface area (Å²) in [5.74, 6) is 2.19. The maximum Gasteiger partial charge on any atom is 0.243 e. The minimum Gasteiger partial charge on any atom is -0.338 e. The third kappa shape index (κ3) is 4.53. The summed E-state index contributed by atoms with van der Waals surface area (Å²) in [7, 11) is 0. The number of halogens is 1. The maximum absolute atomic E-state index is 6.47. The monoisotopic (exact) mass is 390 g/mol. The zero-order valence-corrected chi connectivity index (χ0v) is 17.0. The summed E-state index contributed by atoms with van der Waals surface area (Å²) in [6, 6.07) is 11.0. The summed E-state index contributed by atoms with van der Waals surface area (Å²) in [6.45, 7) is 4.35. The second kappa shape index (κ2) is 8.72. The van der Waals surface area contributed by atoms with Crippen molar-refractivity contribution in [2.24, 2.45) is 11.7 Å². The van der Waals surface area contributed by atoms with E-state index in [4.69, 9.17) is 10.3 Å². The Morgan fingerprint density at radius 3 is 2.52 bits per heavy atom. The molecule has 27 heavy (non-hydrogen) atoms. The molecular weight excluding hydrogens is 360 g/mol. The molecule has 1 saturated heterocycles. The number of hydrogen-bond acceptors (Lipinski definition) is 5. The molecule has 1 aliphatic carbocycles. The predicted octanol–water partition coefficient (Wildman–Crippen LogP) is 4.24. The first kappa shape index (κ1) is 20.3. The summed E-state index contributed by atoms with van der Waals surface area (Å²) >= 11 is 0. The van der Waals surface area contributed by atoms with Crippen LogP contribution in [0.1, 0.15) is 68.8 Å². The molecule has 0 radical (unpaired) electrons. The van der Waals surface area contributed by atoms with E-state index in [-0.39, 0.29) is 24.0 Å². The minimum atomic E-state index is -0.371. The van der Waals surface area contributed by atoms with Gasteiger partial charge in [-0.3, -0.25) is 4.90 Å². The van der Waals surface area contributed by atoms with Gasteiger partial charge in [-0.1, -0.05) is 48.3 Å². The van der Waals surface area contributed by atoms with Crippen LogP contribution in [0.3, 0.4) is 0 Å². The van der Waals surface area contributed by atoms with Crippen molar-refractivity contribution in [3.05, 3.63) is 47.6 Å². The lowest BCUT2D eigenvalue weighted by Crippen LogP contribution is -2.37. The van der Waals surface area contributed by atoms with Crippen molar-refractivity contribution in [2.45, 2.75) is 63.5 Å². The Bertz CT molecular complexity index is 706. The van der Waals surface area contributed by atoms with Gasteiger partial charge in [-0.15, -0.1) is 12.4 Å². The molecule has 0 spiro atoms. The molecule has 1 aromatic carbocycles. The summed E-state index contributed by atoms with van der Waals surface area (Å²) in [4.78, 5) is 7.15. The number of piperidine rings is 1. The number of aromatic nitrogens is 2. The largest absolute Gasteiger partial charge is 0.338 e. The normalized spacial score (nSPS) is 21.7. The Hall–Kier alpha value is -1.43. The van der Waals surface area contributed by atoms with Gasteiger partial charge in [0.15, 0.2) is 5.82 Å². The van der Waals surface area contributed by atoms with Crippen LogP contribution in [0, 0.1) is 5.92 Å². The highest BCUT2D eigenvalue weighted by Gasteiger charge is 2.37. The number of likely N-dealkylation sites (tertiary alicyclic amines) is 1. The lowest BCUT2D eigenvalue weighted by molar-refractivity contribution is 0.119. The molecule has 2 aromatic rings. The van der Waals surface area contributed by atoms with Crippen molar-refractivity contribution in [3.63, 3.8) is 0 Å². The average Bonchev–Trinajstić information content (AvgIpc) is 3.33. The van der Waals surface area contributed by atoms with Gasteiger partial charge in [-0.25, -0.2) is 0 Å². The molecule has 1 aliphatic heterocycles. The van der Waals surface area contributed by atoms with Crippen molar-refractivity contribution in [1.82, 2.24) is 15.0 Å². The molecule has 1 saturated carbocycles. The molecule has 6 heteroatoms. The van der Waals surface area contributed by atoms with Gasteiger partial charge in [0.1, 0.15) is 0 Å². The van der Waals surface area contributed by atoms with Crippen LogP contribution in [0.25, 0.3) is 0 Å². The van der Waals surface area contributed by atoms with E-state index >= 15 is 0 Å². The first-order valence-electron chi connectivity index (χ1n) is 10.0. The number of nitrogens with two attached hydrogens (primary N) is 1. The first-order valence-corrected chi connectivity index (χ1v) is 10.0. The van der Waals surface area contributed by atoms with Crippen molar-refractivity contribution in [2.75, 3.05) is 13.1 Å². The van der Waals surface area contributed by atoms with Gasteiger partial charge in [-0.05, 0) is 63.6 Å². The van der Waals surface area contributed by atoms with E-state index in [1.165, 1.54) is 24.8 Å². The summed E-state index contributed by atoms with van der Waals surface area (Å²) in [5, 5.41) is 4.22. The second-order valence-corrected chi connectivity index (χ2v) is 8.16. The van der Waals surface area contributed by atoms with Crippen molar-refractivity contribution >= 4 is 12.4 Å². The van der Waals surface area contributed by atoms with Gasteiger partial charge in [-0.2, -0.15) is 4.98 Å². The molecule has 2 N–H and O–H groups in total. The van der Waals surface area contributed by atoms with Crippen molar-refractivity contribution in [3.8, 4) is 0 Å². The standard InChI is InChI=1S/C21H30N4O.ClH/c1-16(19-23-20(24-26-19)21(22)11-5-6-12-21)25-13-9-18(10-14-25)15-17-7-3-2-4-8-17;/h2-4,7-8,16,18H,5-6,9-15,22H2,1H3;1H. The fourth-order valence-electron chi connectivity index (χ4n) is 4.48. The van der Waals surface area contributed by atoms with E-state index in [0.717, 1.165) is 50.6 Å². The maximum atomic E-state index is 6.47. The van der Waals surface area contributed by atoms with E-state index in [0.29, 0.717) is 5.82 Å². The Kier molecular flexibility index (Phi) is 6.56. The molecule has 2 aliphatic rings. The number of hydrogen-bond donors (Lipinski definition) is 1. The van der Waals surface area contributed by atoms with Gasteiger partial charge >= 0.3 is 0 Å². The smallest absolute Gasteiger partial charge is 0.243 e. The lowest BCUT2D eigenvalue weighted by atomic mass is 9.89. The lowest BCUT2D eigenvalue weighted by Gasteiger charge is -2.34. The molecule has 5 nitrogen and oxygen atoms in total.